The van der Waals surface area contributed by atoms with E-state index in [1.165, 1.54) is 0 Å². The van der Waals surface area contributed by atoms with Crippen LogP contribution in [0.3, 0.4) is 0 Å². The Morgan fingerprint density at radius 2 is 1.96 bits per heavy atom. The first kappa shape index (κ1) is 16.3. The van der Waals surface area contributed by atoms with E-state index in [1.807, 2.05) is 25.1 Å². The Morgan fingerprint density at radius 1 is 1.25 bits per heavy atom. The number of para-hydroxylation sites is 3. The highest BCUT2D eigenvalue weighted by Crippen LogP contribution is 2.31. The second-order valence-electron chi connectivity index (χ2n) is 5.60. The Balaban J connectivity index is 1.83. The lowest BCUT2D eigenvalue weighted by molar-refractivity contribution is -0.121. The van der Waals surface area contributed by atoms with Gasteiger partial charge >= 0.3 is 0 Å². The standard InChI is InChI=1S/C18H17ClN2O3/c1-12-10-17(22)20-14-7-3-4-8-15(14)21(12)18(23)11-24-16-9-5-2-6-13(16)19/h2-9,12H,10-11H2,1H3,(H,20,22)/t12-/m1/s1. The number of halogens is 1. The molecule has 2 amide bonds. The minimum Gasteiger partial charge on any atom is -0.482 e. The van der Waals surface area contributed by atoms with Crippen LogP contribution in [-0.2, 0) is 9.59 Å². The van der Waals surface area contributed by atoms with Crippen molar-refractivity contribution in [3.63, 3.8) is 0 Å². The summed E-state index contributed by atoms with van der Waals surface area (Å²) in [5.41, 5.74) is 1.29. The second kappa shape index (κ2) is 6.93. The van der Waals surface area contributed by atoms with Crippen molar-refractivity contribution in [2.24, 2.45) is 0 Å². The van der Waals surface area contributed by atoms with E-state index in [0.29, 0.717) is 22.1 Å². The SMILES string of the molecule is C[C@@H]1CC(=O)Nc2ccccc2N1C(=O)COc1ccccc1Cl. The number of nitrogens with one attached hydrogen (secondary N) is 1. The van der Waals surface area contributed by atoms with Gasteiger partial charge in [0.25, 0.3) is 5.91 Å². The fourth-order valence-electron chi connectivity index (χ4n) is 2.74. The fraction of sp³-hybridized carbons (Fsp3) is 0.222. The molecule has 0 bridgehead atoms. The highest BCUT2D eigenvalue weighted by atomic mass is 35.5. The van der Waals surface area contributed by atoms with Crippen LogP contribution in [0.1, 0.15) is 13.3 Å². The zero-order valence-corrected chi connectivity index (χ0v) is 13.9. The Kier molecular flexibility index (Phi) is 4.71. The third-order valence-electron chi connectivity index (χ3n) is 3.82. The van der Waals surface area contributed by atoms with Crippen molar-refractivity contribution >= 4 is 34.8 Å². The molecule has 24 heavy (non-hydrogen) atoms. The van der Waals surface area contributed by atoms with Crippen LogP contribution in [0.5, 0.6) is 5.75 Å². The van der Waals surface area contributed by atoms with Gasteiger partial charge < -0.3 is 15.0 Å². The molecule has 0 saturated carbocycles. The number of hydrogen-bond donors (Lipinski definition) is 1. The monoisotopic (exact) mass is 344 g/mol. The molecule has 124 valence electrons. The zero-order valence-electron chi connectivity index (χ0n) is 13.2. The number of benzene rings is 2. The highest BCUT2D eigenvalue weighted by molar-refractivity contribution is 6.32. The summed E-state index contributed by atoms with van der Waals surface area (Å²) in [6, 6.07) is 14.0. The first-order valence-corrected chi connectivity index (χ1v) is 8.02. The predicted molar refractivity (Wildman–Crippen MR) is 93.6 cm³/mol. The molecule has 0 aromatic heterocycles. The van der Waals surface area contributed by atoms with Crippen LogP contribution in [-0.4, -0.2) is 24.5 Å². The minimum atomic E-state index is -0.268. The summed E-state index contributed by atoms with van der Waals surface area (Å²) in [5, 5.41) is 3.28. The van der Waals surface area contributed by atoms with E-state index in [-0.39, 0.29) is 30.9 Å². The van der Waals surface area contributed by atoms with Crippen LogP contribution in [0.2, 0.25) is 5.02 Å². The van der Waals surface area contributed by atoms with Gasteiger partial charge in [-0.05, 0) is 31.2 Å². The number of amides is 2. The van der Waals surface area contributed by atoms with Crippen molar-refractivity contribution in [3.05, 3.63) is 53.6 Å². The van der Waals surface area contributed by atoms with Crippen molar-refractivity contribution in [3.8, 4) is 5.75 Å². The maximum atomic E-state index is 12.7. The number of fused-ring (bicyclic) bond motifs is 1. The van der Waals surface area contributed by atoms with Gasteiger partial charge in [0.2, 0.25) is 5.91 Å². The van der Waals surface area contributed by atoms with Gasteiger partial charge in [0, 0.05) is 12.5 Å². The molecule has 1 N–H and O–H groups in total. The van der Waals surface area contributed by atoms with Crippen molar-refractivity contribution in [2.75, 3.05) is 16.8 Å². The van der Waals surface area contributed by atoms with Gasteiger partial charge in [-0.1, -0.05) is 35.9 Å². The van der Waals surface area contributed by atoms with Crippen LogP contribution in [0.15, 0.2) is 48.5 Å². The van der Waals surface area contributed by atoms with Crippen molar-refractivity contribution in [1.29, 1.82) is 0 Å². The molecule has 1 heterocycles. The van der Waals surface area contributed by atoms with E-state index in [1.54, 1.807) is 35.2 Å². The molecular weight excluding hydrogens is 328 g/mol. The summed E-state index contributed by atoms with van der Waals surface area (Å²) in [6.45, 7) is 1.69. The summed E-state index contributed by atoms with van der Waals surface area (Å²) in [7, 11) is 0. The summed E-state index contributed by atoms with van der Waals surface area (Å²) in [6.07, 6.45) is 0.229. The van der Waals surface area contributed by atoms with Gasteiger partial charge in [-0.3, -0.25) is 9.59 Å². The van der Waals surface area contributed by atoms with Gasteiger partial charge in [-0.25, -0.2) is 0 Å². The molecule has 2 aromatic rings. The third-order valence-corrected chi connectivity index (χ3v) is 4.13. The molecule has 1 atom stereocenters. The highest BCUT2D eigenvalue weighted by Gasteiger charge is 2.29. The lowest BCUT2D eigenvalue weighted by Gasteiger charge is -2.27. The molecule has 0 radical (unpaired) electrons. The normalized spacial score (nSPS) is 16.8. The van der Waals surface area contributed by atoms with Crippen LogP contribution >= 0.6 is 11.6 Å². The maximum absolute atomic E-state index is 12.7. The average Bonchev–Trinajstić information content (AvgIpc) is 2.68. The molecule has 1 aliphatic rings. The Bertz CT molecular complexity index is 778. The molecule has 3 rings (SSSR count). The number of ether oxygens (including phenoxy) is 1. The first-order valence-electron chi connectivity index (χ1n) is 7.64. The number of hydrogen-bond acceptors (Lipinski definition) is 3. The molecule has 1 aliphatic heterocycles. The molecule has 5 nitrogen and oxygen atoms in total. The number of rotatable bonds is 3. The molecule has 0 aliphatic carbocycles. The Labute approximate surface area is 145 Å². The zero-order chi connectivity index (χ0) is 17.1. The number of carbonyl (C=O) groups excluding carboxylic acids is 2. The van der Waals surface area contributed by atoms with Crippen LogP contribution in [0.4, 0.5) is 11.4 Å². The fourth-order valence-corrected chi connectivity index (χ4v) is 2.93. The summed E-state index contributed by atoms with van der Waals surface area (Å²) >= 11 is 6.04. The van der Waals surface area contributed by atoms with E-state index in [2.05, 4.69) is 5.32 Å². The van der Waals surface area contributed by atoms with Gasteiger partial charge in [-0.15, -0.1) is 0 Å². The lowest BCUT2D eigenvalue weighted by atomic mass is 10.1. The third kappa shape index (κ3) is 3.36. The molecule has 0 spiro atoms. The van der Waals surface area contributed by atoms with E-state index < -0.39 is 0 Å². The number of anilines is 2. The van der Waals surface area contributed by atoms with E-state index in [9.17, 15) is 9.59 Å². The summed E-state index contributed by atoms with van der Waals surface area (Å²) < 4.78 is 5.55. The predicted octanol–water partition coefficient (Wildman–Crippen LogP) is 3.48. The molecule has 2 aromatic carbocycles. The van der Waals surface area contributed by atoms with Crippen molar-refractivity contribution in [2.45, 2.75) is 19.4 Å². The molecular formula is C18H17ClN2O3. The van der Waals surface area contributed by atoms with Gasteiger partial charge in [0.05, 0.1) is 16.4 Å². The lowest BCUT2D eigenvalue weighted by Crippen LogP contribution is -2.41. The minimum absolute atomic E-state index is 0.114. The van der Waals surface area contributed by atoms with Crippen LogP contribution in [0, 0.1) is 0 Å². The average molecular weight is 345 g/mol. The van der Waals surface area contributed by atoms with E-state index in [4.69, 9.17) is 16.3 Å². The van der Waals surface area contributed by atoms with E-state index in [0.717, 1.165) is 0 Å². The van der Waals surface area contributed by atoms with Gasteiger partial charge in [0.1, 0.15) is 5.75 Å². The van der Waals surface area contributed by atoms with Crippen molar-refractivity contribution < 1.29 is 14.3 Å². The molecule has 0 saturated heterocycles. The van der Waals surface area contributed by atoms with Crippen molar-refractivity contribution in [1.82, 2.24) is 0 Å². The topological polar surface area (TPSA) is 58.6 Å². The van der Waals surface area contributed by atoms with E-state index >= 15 is 0 Å². The first-order chi connectivity index (χ1) is 11.6. The molecule has 0 fully saturated rings. The maximum Gasteiger partial charge on any atom is 0.265 e. The summed E-state index contributed by atoms with van der Waals surface area (Å²) in [4.78, 5) is 26.3. The second-order valence-corrected chi connectivity index (χ2v) is 6.01. The number of nitrogens with zero attached hydrogens (tertiary/aromatic N) is 1. The van der Waals surface area contributed by atoms with Gasteiger partial charge in [0.15, 0.2) is 6.61 Å². The number of carbonyl (C=O) groups is 2. The van der Waals surface area contributed by atoms with Gasteiger partial charge in [-0.2, -0.15) is 0 Å². The quantitative estimate of drug-likeness (QED) is 0.927. The summed E-state index contributed by atoms with van der Waals surface area (Å²) in [5.74, 6) is 0.112. The molecule has 6 heteroatoms. The Hall–Kier alpha value is -2.53. The van der Waals surface area contributed by atoms with Crippen LogP contribution in [0.25, 0.3) is 0 Å². The smallest absolute Gasteiger partial charge is 0.265 e. The Morgan fingerprint density at radius 3 is 2.75 bits per heavy atom. The van der Waals surface area contributed by atoms with Crippen LogP contribution < -0.4 is 15.0 Å². The largest absolute Gasteiger partial charge is 0.482 e. The molecule has 0 unspecified atom stereocenters.